The van der Waals surface area contributed by atoms with Crippen molar-refractivity contribution in [1.29, 1.82) is 0 Å². The highest BCUT2D eigenvalue weighted by atomic mass is 32.2. The van der Waals surface area contributed by atoms with Crippen LogP contribution in [-0.4, -0.2) is 63.1 Å². The molecule has 0 saturated carbocycles. The number of nitrogens with zero attached hydrogens (tertiary/aromatic N) is 3. The average Bonchev–Trinajstić information content (AvgIpc) is 3.07. The molecule has 2 aliphatic heterocycles. The van der Waals surface area contributed by atoms with E-state index in [0.29, 0.717) is 37.3 Å². The number of rotatable bonds is 5. The fraction of sp³-hybridized carbons (Fsp3) is 0.375. The van der Waals surface area contributed by atoms with Crippen LogP contribution >= 0.6 is 0 Å². The fourth-order valence-corrected chi connectivity index (χ4v) is 5.38. The number of aliphatic imine (C=N–C) groups is 1. The second-order valence-electron chi connectivity index (χ2n) is 8.68. The molecule has 2 heterocycles. The van der Waals surface area contributed by atoms with Crippen LogP contribution in [0, 0.1) is 5.92 Å². The Morgan fingerprint density at radius 1 is 0.970 bits per heavy atom. The third-order valence-corrected chi connectivity index (χ3v) is 7.44. The van der Waals surface area contributed by atoms with Gasteiger partial charge in [0.15, 0.2) is 5.78 Å². The molecule has 4 rings (SSSR count). The van der Waals surface area contributed by atoms with Gasteiger partial charge in [0, 0.05) is 43.0 Å². The standard InChI is InChI=1S/C24H28N4O4S/c1-16(2)22(25-23-20-6-4-5-7-21(20)33(31,32)26-23)24(30)28-14-12-27(13-15-28)19-10-8-18(9-11-19)17(3)29/h4-11,16,22H,12-15H2,1-3H3,(H,25,26)/t22-/m0/s1. The number of sulfonamides is 1. The Hall–Kier alpha value is -3.20. The summed E-state index contributed by atoms with van der Waals surface area (Å²) in [5.74, 6) is 0.0550. The molecule has 2 aromatic rings. The zero-order chi connectivity index (χ0) is 23.8. The monoisotopic (exact) mass is 468 g/mol. The number of Topliss-reactive ketones (excluding diaryl/α,β-unsaturated/α-hetero) is 1. The molecule has 0 radical (unpaired) electrons. The van der Waals surface area contributed by atoms with Crippen molar-refractivity contribution < 1.29 is 18.0 Å². The molecule has 2 aromatic carbocycles. The Kier molecular flexibility index (Phi) is 6.25. The van der Waals surface area contributed by atoms with E-state index in [1.54, 1.807) is 30.0 Å². The van der Waals surface area contributed by atoms with Crippen LogP contribution in [0.4, 0.5) is 5.69 Å². The lowest BCUT2D eigenvalue weighted by Gasteiger charge is -2.37. The largest absolute Gasteiger partial charge is 0.368 e. The number of piperazine rings is 1. The zero-order valence-corrected chi connectivity index (χ0v) is 19.8. The Bertz CT molecular complexity index is 1200. The van der Waals surface area contributed by atoms with E-state index in [2.05, 4.69) is 14.6 Å². The van der Waals surface area contributed by atoms with Gasteiger partial charge in [-0.2, -0.15) is 0 Å². The first-order chi connectivity index (χ1) is 15.7. The van der Waals surface area contributed by atoms with Crippen molar-refractivity contribution in [3.8, 4) is 0 Å². The molecular formula is C24H28N4O4S. The summed E-state index contributed by atoms with van der Waals surface area (Å²) >= 11 is 0. The summed E-state index contributed by atoms with van der Waals surface area (Å²) in [6.07, 6.45) is 0. The molecule has 2 aliphatic rings. The first-order valence-electron chi connectivity index (χ1n) is 11.0. The third kappa shape index (κ3) is 4.64. The molecule has 1 saturated heterocycles. The molecule has 0 bridgehead atoms. The van der Waals surface area contributed by atoms with Gasteiger partial charge in [0.25, 0.3) is 10.0 Å². The van der Waals surface area contributed by atoms with Gasteiger partial charge in [-0.3, -0.25) is 19.3 Å². The van der Waals surface area contributed by atoms with E-state index in [4.69, 9.17) is 0 Å². The van der Waals surface area contributed by atoms with Gasteiger partial charge in [-0.15, -0.1) is 0 Å². The van der Waals surface area contributed by atoms with Crippen LogP contribution < -0.4 is 9.62 Å². The van der Waals surface area contributed by atoms with E-state index >= 15 is 0 Å². The summed E-state index contributed by atoms with van der Waals surface area (Å²) in [7, 11) is -3.66. The molecule has 1 N–H and O–H groups in total. The Morgan fingerprint density at radius 3 is 2.21 bits per heavy atom. The topological polar surface area (TPSA) is 99.2 Å². The molecule has 33 heavy (non-hydrogen) atoms. The first-order valence-corrected chi connectivity index (χ1v) is 12.5. The summed E-state index contributed by atoms with van der Waals surface area (Å²) in [6.45, 7) is 7.80. The molecule has 9 heteroatoms. The number of benzene rings is 2. The summed E-state index contributed by atoms with van der Waals surface area (Å²) in [5, 5.41) is 0. The smallest absolute Gasteiger partial charge is 0.263 e. The Labute approximate surface area is 194 Å². The maximum atomic E-state index is 13.3. The van der Waals surface area contributed by atoms with E-state index in [1.165, 1.54) is 6.07 Å². The summed E-state index contributed by atoms with van der Waals surface area (Å²) in [4.78, 5) is 33.6. The lowest BCUT2D eigenvalue weighted by atomic mass is 10.0. The molecule has 1 fully saturated rings. The van der Waals surface area contributed by atoms with Crippen molar-refractivity contribution in [2.24, 2.45) is 10.9 Å². The number of hydrogen-bond donors (Lipinski definition) is 1. The van der Waals surface area contributed by atoms with Crippen LogP contribution in [-0.2, 0) is 14.8 Å². The number of nitrogens with one attached hydrogen (secondary N) is 1. The van der Waals surface area contributed by atoms with Gasteiger partial charge in [-0.05, 0) is 49.2 Å². The van der Waals surface area contributed by atoms with Crippen LogP contribution in [0.2, 0.25) is 0 Å². The van der Waals surface area contributed by atoms with Gasteiger partial charge in [0.05, 0.1) is 4.90 Å². The van der Waals surface area contributed by atoms with Crippen LogP contribution in [0.5, 0.6) is 0 Å². The number of ketones is 1. The van der Waals surface area contributed by atoms with E-state index in [0.717, 1.165) is 5.69 Å². The van der Waals surface area contributed by atoms with Gasteiger partial charge < -0.3 is 9.80 Å². The van der Waals surface area contributed by atoms with Crippen molar-refractivity contribution >= 4 is 33.2 Å². The van der Waals surface area contributed by atoms with Crippen LogP contribution in [0.3, 0.4) is 0 Å². The number of carbonyl (C=O) groups is 2. The summed E-state index contributed by atoms with van der Waals surface area (Å²) in [6, 6.07) is 13.5. The van der Waals surface area contributed by atoms with Crippen molar-refractivity contribution in [3.63, 3.8) is 0 Å². The van der Waals surface area contributed by atoms with Crippen LogP contribution in [0.1, 0.15) is 36.7 Å². The molecular weight excluding hydrogens is 440 g/mol. The Morgan fingerprint density at radius 2 is 1.61 bits per heavy atom. The van der Waals surface area contributed by atoms with Crippen molar-refractivity contribution in [1.82, 2.24) is 9.62 Å². The molecule has 0 spiro atoms. The maximum absolute atomic E-state index is 13.3. The van der Waals surface area contributed by atoms with E-state index < -0.39 is 16.1 Å². The molecule has 0 aliphatic carbocycles. The van der Waals surface area contributed by atoms with Gasteiger partial charge >= 0.3 is 0 Å². The minimum atomic E-state index is -3.66. The molecule has 1 amide bonds. The van der Waals surface area contributed by atoms with Crippen molar-refractivity contribution in [3.05, 3.63) is 59.7 Å². The number of carbonyl (C=O) groups excluding carboxylic acids is 2. The minimum absolute atomic E-state index is 0.0329. The quantitative estimate of drug-likeness (QED) is 0.679. The maximum Gasteiger partial charge on any atom is 0.263 e. The highest BCUT2D eigenvalue weighted by Crippen LogP contribution is 2.24. The SMILES string of the molecule is CC(=O)c1ccc(N2CCN(C(=O)[C@@H](N=C3NS(=O)(=O)c4ccccc43)C(C)C)CC2)cc1. The van der Waals surface area contributed by atoms with E-state index in [1.807, 2.05) is 38.1 Å². The number of hydrogen-bond acceptors (Lipinski definition) is 6. The lowest BCUT2D eigenvalue weighted by Crippen LogP contribution is -2.52. The first kappa shape index (κ1) is 23.0. The number of amidine groups is 1. The number of fused-ring (bicyclic) bond motifs is 1. The molecule has 8 nitrogen and oxygen atoms in total. The predicted molar refractivity (Wildman–Crippen MR) is 127 cm³/mol. The van der Waals surface area contributed by atoms with E-state index in [-0.39, 0.29) is 28.3 Å². The molecule has 174 valence electrons. The zero-order valence-electron chi connectivity index (χ0n) is 19.0. The van der Waals surface area contributed by atoms with Crippen molar-refractivity contribution in [2.75, 3.05) is 31.1 Å². The average molecular weight is 469 g/mol. The highest BCUT2D eigenvalue weighted by molar-refractivity contribution is 7.90. The summed E-state index contributed by atoms with van der Waals surface area (Å²) < 4.78 is 27.3. The van der Waals surface area contributed by atoms with Crippen LogP contribution in [0.25, 0.3) is 0 Å². The van der Waals surface area contributed by atoms with Crippen LogP contribution in [0.15, 0.2) is 58.4 Å². The second kappa shape index (κ2) is 8.97. The van der Waals surface area contributed by atoms with Crippen molar-refractivity contribution in [2.45, 2.75) is 31.7 Å². The molecule has 0 aromatic heterocycles. The number of amides is 1. The van der Waals surface area contributed by atoms with Gasteiger partial charge in [0.1, 0.15) is 11.9 Å². The molecule has 0 unspecified atom stereocenters. The summed E-state index contributed by atoms with van der Waals surface area (Å²) in [5.41, 5.74) is 2.19. The predicted octanol–water partition coefficient (Wildman–Crippen LogP) is 2.30. The Balaban J connectivity index is 1.48. The highest BCUT2D eigenvalue weighted by Gasteiger charge is 2.34. The van der Waals surface area contributed by atoms with Gasteiger partial charge in [-0.25, -0.2) is 8.42 Å². The number of anilines is 1. The normalized spacial score (nSPS) is 19.3. The van der Waals surface area contributed by atoms with Gasteiger partial charge in [0.2, 0.25) is 5.91 Å². The molecule has 1 atom stereocenters. The van der Waals surface area contributed by atoms with Gasteiger partial charge in [-0.1, -0.05) is 26.0 Å². The van der Waals surface area contributed by atoms with E-state index in [9.17, 15) is 18.0 Å². The second-order valence-corrected chi connectivity index (χ2v) is 10.3. The third-order valence-electron chi connectivity index (χ3n) is 6.05. The lowest BCUT2D eigenvalue weighted by molar-refractivity contribution is -0.133. The minimum Gasteiger partial charge on any atom is -0.368 e. The fourth-order valence-electron chi connectivity index (χ4n) is 4.14.